The van der Waals surface area contributed by atoms with Crippen LogP contribution in [0.4, 0.5) is 0 Å². The van der Waals surface area contributed by atoms with Crippen LogP contribution < -0.4 is 0 Å². The van der Waals surface area contributed by atoms with E-state index in [1.807, 2.05) is 6.08 Å². The molecule has 0 atom stereocenters. The summed E-state index contributed by atoms with van der Waals surface area (Å²) in [5.41, 5.74) is -0.747. The van der Waals surface area contributed by atoms with E-state index in [-0.39, 0.29) is 46.8 Å². The van der Waals surface area contributed by atoms with Gasteiger partial charge in [0.1, 0.15) is 0 Å². The summed E-state index contributed by atoms with van der Waals surface area (Å²) in [6.07, 6.45) is 7.13. The first-order chi connectivity index (χ1) is 15.7. The second-order valence-corrected chi connectivity index (χ2v) is 13.7. The lowest BCUT2D eigenvalue weighted by Gasteiger charge is -2.57. The average Bonchev–Trinajstić information content (AvgIpc) is 2.68. The van der Waals surface area contributed by atoms with Crippen LogP contribution in [0.25, 0.3) is 0 Å². The molecule has 2 fully saturated rings. The number of rotatable bonds is 8. The largest absolute Gasteiger partial charge is 0.480 e. The molecule has 35 heavy (non-hydrogen) atoms. The second-order valence-electron chi connectivity index (χ2n) is 13.7. The molecule has 0 bridgehead atoms. The number of allylic oxidation sites excluding steroid dienone is 3. The molecular formula is C29H50N2O4. The van der Waals surface area contributed by atoms with Crippen molar-refractivity contribution in [2.24, 2.45) is 17.3 Å². The van der Waals surface area contributed by atoms with Crippen LogP contribution in [0.5, 0.6) is 0 Å². The van der Waals surface area contributed by atoms with E-state index in [1.165, 1.54) is 11.6 Å². The Balaban J connectivity index is 2.64. The van der Waals surface area contributed by atoms with Crippen molar-refractivity contribution in [3.63, 3.8) is 0 Å². The standard InChI is InChI=1S/C29H50N2O4/c1-12-14-29(23(32)33,24(34)35)15-13-22(20-16-25(2,3)30(10)26(4,5)17-20)21-18-27(6,7)31(11)28(8,9)19-21/h12-13,20-21H,1,14-19H2,2-11H3,(H,32,33)(H,34,35). The Bertz CT molecular complexity index is 774. The molecule has 6 nitrogen and oxygen atoms in total. The predicted octanol–water partition coefficient (Wildman–Crippen LogP) is 5.83. The lowest BCUT2D eigenvalue weighted by Crippen LogP contribution is -2.60. The Morgan fingerprint density at radius 2 is 1.09 bits per heavy atom. The highest BCUT2D eigenvalue weighted by molar-refractivity contribution is 5.98. The normalized spacial score (nSPS) is 25.1. The van der Waals surface area contributed by atoms with Gasteiger partial charge in [0, 0.05) is 22.2 Å². The maximum Gasteiger partial charge on any atom is 0.321 e. The van der Waals surface area contributed by atoms with Crippen LogP contribution in [0.15, 0.2) is 24.3 Å². The van der Waals surface area contributed by atoms with Crippen LogP contribution in [0.3, 0.4) is 0 Å². The predicted molar refractivity (Wildman–Crippen MR) is 143 cm³/mol. The number of aliphatic carboxylic acids is 2. The van der Waals surface area contributed by atoms with Crippen LogP contribution >= 0.6 is 0 Å². The first kappa shape index (κ1) is 29.6. The third kappa shape index (κ3) is 5.69. The molecule has 0 spiro atoms. The Morgan fingerprint density at radius 1 is 0.771 bits per heavy atom. The van der Waals surface area contributed by atoms with E-state index in [1.54, 1.807) is 0 Å². The van der Waals surface area contributed by atoms with Crippen LogP contribution in [-0.4, -0.2) is 68.2 Å². The van der Waals surface area contributed by atoms with E-state index < -0.39 is 17.4 Å². The molecule has 200 valence electrons. The number of hydrogen-bond donors (Lipinski definition) is 2. The third-order valence-electron chi connectivity index (χ3n) is 9.56. The van der Waals surface area contributed by atoms with Gasteiger partial charge in [-0.05, 0) is 120 Å². The van der Waals surface area contributed by atoms with Gasteiger partial charge in [-0.1, -0.05) is 17.7 Å². The Kier molecular flexibility index (Phi) is 8.16. The molecule has 0 unspecified atom stereocenters. The van der Waals surface area contributed by atoms with Gasteiger partial charge in [0.25, 0.3) is 0 Å². The zero-order valence-corrected chi connectivity index (χ0v) is 23.9. The molecule has 0 saturated carbocycles. The first-order valence-electron chi connectivity index (χ1n) is 13.0. The van der Waals surface area contributed by atoms with Crippen molar-refractivity contribution in [1.82, 2.24) is 9.80 Å². The highest BCUT2D eigenvalue weighted by atomic mass is 16.4. The molecule has 2 rings (SSSR count). The molecule has 0 aromatic rings. The van der Waals surface area contributed by atoms with Crippen molar-refractivity contribution in [3.05, 3.63) is 24.3 Å². The molecule has 0 amide bonds. The average molecular weight is 491 g/mol. The van der Waals surface area contributed by atoms with Gasteiger partial charge in [0.2, 0.25) is 0 Å². The molecule has 0 aromatic heterocycles. The minimum atomic E-state index is -1.89. The van der Waals surface area contributed by atoms with Crippen molar-refractivity contribution in [2.45, 2.75) is 116 Å². The monoisotopic (exact) mass is 490 g/mol. The zero-order valence-electron chi connectivity index (χ0n) is 23.9. The molecule has 2 aliphatic heterocycles. The quantitative estimate of drug-likeness (QED) is 0.329. The van der Waals surface area contributed by atoms with E-state index in [0.717, 1.165) is 25.7 Å². The lowest BCUT2D eigenvalue weighted by atomic mass is 9.63. The molecule has 0 aromatic carbocycles. The Labute approximate surface area is 213 Å². The SMILES string of the molecule is C=CCC(CC=C(C1CC(C)(C)N(C)C(C)(C)C1)C1CC(C)(C)N(C)C(C)(C)C1)(C(=O)O)C(=O)O. The molecule has 6 heteroatoms. The van der Waals surface area contributed by atoms with Crippen LogP contribution in [0.1, 0.15) is 93.9 Å². The fourth-order valence-corrected chi connectivity index (χ4v) is 6.94. The molecule has 0 radical (unpaired) electrons. The molecule has 2 aliphatic rings. The summed E-state index contributed by atoms with van der Waals surface area (Å²) in [6.45, 7) is 21.9. The van der Waals surface area contributed by atoms with Crippen LogP contribution in [0, 0.1) is 17.3 Å². The van der Waals surface area contributed by atoms with Gasteiger partial charge in [-0.2, -0.15) is 0 Å². The number of piperidine rings is 2. The van der Waals surface area contributed by atoms with Crippen molar-refractivity contribution < 1.29 is 19.8 Å². The Hall–Kier alpha value is -1.66. The molecular weight excluding hydrogens is 440 g/mol. The number of carboxylic acid groups (broad SMARTS) is 2. The third-order valence-corrected chi connectivity index (χ3v) is 9.56. The van der Waals surface area contributed by atoms with Gasteiger partial charge in [-0.25, -0.2) is 0 Å². The summed E-state index contributed by atoms with van der Waals surface area (Å²) in [5, 5.41) is 20.0. The summed E-state index contributed by atoms with van der Waals surface area (Å²) >= 11 is 0. The fraction of sp³-hybridized carbons (Fsp3) is 0.793. The molecule has 2 saturated heterocycles. The zero-order chi connectivity index (χ0) is 27.2. The molecule has 0 aliphatic carbocycles. The van der Waals surface area contributed by atoms with Crippen LogP contribution in [0.2, 0.25) is 0 Å². The Morgan fingerprint density at radius 3 is 1.34 bits per heavy atom. The fourth-order valence-electron chi connectivity index (χ4n) is 6.94. The smallest absolute Gasteiger partial charge is 0.321 e. The number of carboxylic acids is 2. The van der Waals surface area contributed by atoms with Crippen molar-refractivity contribution >= 4 is 11.9 Å². The van der Waals surface area contributed by atoms with Gasteiger partial charge in [-0.3, -0.25) is 19.4 Å². The number of hydrogen-bond acceptors (Lipinski definition) is 4. The summed E-state index contributed by atoms with van der Waals surface area (Å²) in [4.78, 5) is 29.4. The highest BCUT2D eigenvalue weighted by Crippen LogP contribution is 2.50. The van der Waals surface area contributed by atoms with E-state index in [0.29, 0.717) is 0 Å². The summed E-state index contributed by atoms with van der Waals surface area (Å²) in [7, 11) is 4.37. The van der Waals surface area contributed by atoms with Crippen molar-refractivity contribution in [1.29, 1.82) is 0 Å². The van der Waals surface area contributed by atoms with Gasteiger partial charge in [-0.15, -0.1) is 6.58 Å². The summed E-state index contributed by atoms with van der Waals surface area (Å²) in [5.74, 6) is -2.07. The number of nitrogens with zero attached hydrogens (tertiary/aromatic N) is 2. The summed E-state index contributed by atoms with van der Waals surface area (Å²) < 4.78 is 0. The van der Waals surface area contributed by atoms with Crippen molar-refractivity contribution in [3.8, 4) is 0 Å². The van der Waals surface area contributed by atoms with E-state index in [4.69, 9.17) is 0 Å². The van der Waals surface area contributed by atoms with Gasteiger partial charge >= 0.3 is 11.9 Å². The number of carbonyl (C=O) groups is 2. The minimum absolute atomic E-state index is 0.0280. The molecule has 2 heterocycles. The van der Waals surface area contributed by atoms with Gasteiger partial charge < -0.3 is 10.2 Å². The number of likely N-dealkylation sites (tertiary alicyclic amines) is 2. The van der Waals surface area contributed by atoms with Gasteiger partial charge in [0.15, 0.2) is 5.41 Å². The van der Waals surface area contributed by atoms with E-state index >= 15 is 0 Å². The maximum atomic E-state index is 12.2. The van der Waals surface area contributed by atoms with Crippen LogP contribution in [-0.2, 0) is 9.59 Å². The lowest BCUT2D eigenvalue weighted by molar-refractivity contribution is -0.164. The minimum Gasteiger partial charge on any atom is -0.480 e. The summed E-state index contributed by atoms with van der Waals surface area (Å²) in [6, 6.07) is 0. The second kappa shape index (κ2) is 9.66. The highest BCUT2D eigenvalue weighted by Gasteiger charge is 2.50. The maximum absolute atomic E-state index is 12.2. The van der Waals surface area contributed by atoms with Crippen molar-refractivity contribution in [2.75, 3.05) is 14.1 Å². The molecule has 2 N–H and O–H groups in total. The van der Waals surface area contributed by atoms with E-state index in [2.05, 4.69) is 85.9 Å². The van der Waals surface area contributed by atoms with Gasteiger partial charge in [0.05, 0.1) is 0 Å². The first-order valence-corrected chi connectivity index (χ1v) is 13.0. The van der Waals surface area contributed by atoms with E-state index in [9.17, 15) is 19.8 Å². The topological polar surface area (TPSA) is 81.1 Å².